The van der Waals surface area contributed by atoms with Crippen LogP contribution in [0.4, 0.5) is 0 Å². The number of unbranched alkanes of at least 4 members (excludes halogenated alkanes) is 1. The first-order valence-corrected chi connectivity index (χ1v) is 39.0. The second-order valence-electron chi connectivity index (χ2n) is 32.0. The summed E-state index contributed by atoms with van der Waals surface area (Å²) >= 11 is 0. The van der Waals surface area contributed by atoms with Gasteiger partial charge in [-0.3, -0.25) is 38.4 Å². The molecule has 8 rings (SSSR count). The quantitative estimate of drug-likeness (QED) is 0.0255. The van der Waals surface area contributed by atoms with Crippen molar-refractivity contribution < 1.29 is 106 Å². The maximum Gasteiger partial charge on any atom is 0.340 e. The van der Waals surface area contributed by atoms with Crippen LogP contribution in [0.25, 0.3) is 0 Å². The number of ketones is 4. The van der Waals surface area contributed by atoms with E-state index in [1.54, 1.807) is 77.0 Å². The number of methoxy groups -OCH3 is 3. The van der Waals surface area contributed by atoms with E-state index in [1.807, 2.05) is 58.1 Å². The number of carbonyl (C=O) groups excluding carboxylic acids is 10. The molecule has 4 aliphatic heterocycles. The SMILES string of the molecule is C=CCN(/C=C1\C(=O)O[C@H](COC)[C@@]2(C)C1=C(O)C(=O)C1=C2[C@H](OC(C)=O)C[C@@]2(C)C1CC[C@@H]2OC(=O)CCCCC(=O)OC1CCC(C[C@@H](C)[C@@H]2CC(=O)[C@H](C)/C=C(\C)[C@@H](O)[C@@H](OC)C(=O)[C@H](C)C[C@H](C)/C=C/C=C/C=C(\C)[C@@H](OC)C[C@@H]3CC[C@@H](C)[C@@](O)(O3)C(=O)C(=O)N3CC=CCC3C(=O)O2)CC1)CC=C. The molecule has 3 N–H and O–H groups in total. The van der Waals surface area contributed by atoms with Gasteiger partial charge in [-0.2, -0.15) is 0 Å². The van der Waals surface area contributed by atoms with Crippen LogP contribution in [0.1, 0.15) is 185 Å². The molecular weight excluding hydrogens is 1400 g/mol. The third-order valence-corrected chi connectivity index (χ3v) is 24.0. The summed E-state index contributed by atoms with van der Waals surface area (Å²) in [6.45, 7) is 25.3. The Labute approximate surface area is 642 Å². The van der Waals surface area contributed by atoms with E-state index >= 15 is 0 Å². The summed E-state index contributed by atoms with van der Waals surface area (Å²) in [5.74, 6) is -13.2. The van der Waals surface area contributed by atoms with Gasteiger partial charge in [0.25, 0.3) is 11.7 Å². The highest BCUT2D eigenvalue weighted by Crippen LogP contribution is 2.64. The van der Waals surface area contributed by atoms with Crippen molar-refractivity contribution in [3.8, 4) is 0 Å². The van der Waals surface area contributed by atoms with Crippen molar-refractivity contribution >= 4 is 58.9 Å². The Bertz CT molecular complexity index is 3650. The molecule has 24 nitrogen and oxygen atoms in total. The summed E-state index contributed by atoms with van der Waals surface area (Å²) in [7, 11) is 4.35. The van der Waals surface area contributed by atoms with Gasteiger partial charge in [-0.1, -0.05) is 102 Å². The summed E-state index contributed by atoms with van der Waals surface area (Å²) in [4.78, 5) is 144. The van der Waals surface area contributed by atoms with E-state index < -0.39 is 160 Å². The van der Waals surface area contributed by atoms with Crippen molar-refractivity contribution in [2.45, 2.75) is 252 Å². The van der Waals surface area contributed by atoms with E-state index in [9.17, 15) is 63.3 Å². The molecule has 1 amide bonds. The number of nitrogens with zero attached hydrogens (tertiary/aromatic N) is 2. The smallest absolute Gasteiger partial charge is 0.340 e. The first-order valence-electron chi connectivity index (χ1n) is 39.0. The van der Waals surface area contributed by atoms with Crippen molar-refractivity contribution in [1.82, 2.24) is 9.80 Å². The molecule has 24 heteroatoms. The summed E-state index contributed by atoms with van der Waals surface area (Å²) in [5, 5.41) is 35.9. The van der Waals surface area contributed by atoms with Crippen LogP contribution in [0.5, 0.6) is 0 Å². The molecule has 2 bridgehead atoms. The van der Waals surface area contributed by atoms with Gasteiger partial charge in [-0.15, -0.1) is 13.2 Å². The average Bonchev–Trinajstić information content (AvgIpc) is 1.66. The predicted molar refractivity (Wildman–Crippen MR) is 404 cm³/mol. The van der Waals surface area contributed by atoms with Crippen molar-refractivity contribution in [1.29, 1.82) is 0 Å². The zero-order valence-electron chi connectivity index (χ0n) is 66.1. The third kappa shape index (κ3) is 20.1. The van der Waals surface area contributed by atoms with Crippen LogP contribution >= 0.6 is 0 Å². The summed E-state index contributed by atoms with van der Waals surface area (Å²) < 4.78 is 54.1. The number of aliphatic hydroxyl groups excluding tert-OH is 2. The molecule has 2 unspecified atom stereocenters. The third-order valence-electron chi connectivity index (χ3n) is 24.0. The van der Waals surface area contributed by atoms with E-state index in [0.29, 0.717) is 101 Å². The van der Waals surface area contributed by atoms with Crippen molar-refractivity contribution in [2.75, 3.05) is 47.6 Å². The first-order chi connectivity index (χ1) is 51.7. The Morgan fingerprint density at radius 2 is 1.49 bits per heavy atom. The molecule has 109 heavy (non-hydrogen) atoms. The van der Waals surface area contributed by atoms with Gasteiger partial charge in [0.1, 0.15) is 54.6 Å². The highest BCUT2D eigenvalue weighted by molar-refractivity contribution is 6.39. The molecule has 4 heterocycles. The molecule has 0 aromatic rings. The van der Waals surface area contributed by atoms with E-state index in [2.05, 4.69) is 13.2 Å². The number of hydrogen-bond donors (Lipinski definition) is 3. The van der Waals surface area contributed by atoms with Gasteiger partial charge < -0.3 is 67.8 Å². The van der Waals surface area contributed by atoms with E-state index in [-0.39, 0.29) is 91.8 Å². The van der Waals surface area contributed by atoms with Gasteiger partial charge in [0, 0.05) is 114 Å². The van der Waals surface area contributed by atoms with Crippen molar-refractivity contribution in [3.63, 3.8) is 0 Å². The van der Waals surface area contributed by atoms with E-state index in [4.69, 9.17) is 42.6 Å². The van der Waals surface area contributed by atoms with Crippen LogP contribution < -0.4 is 0 Å². The minimum atomic E-state index is -2.52. The Hall–Kier alpha value is -7.74. The fourth-order valence-corrected chi connectivity index (χ4v) is 17.8. The first kappa shape index (κ1) is 86.8. The monoisotopic (exact) mass is 1520 g/mol. The van der Waals surface area contributed by atoms with Gasteiger partial charge in [0.2, 0.25) is 11.6 Å². The highest BCUT2D eigenvalue weighted by atomic mass is 16.6. The zero-order valence-corrected chi connectivity index (χ0v) is 66.1. The van der Waals surface area contributed by atoms with Gasteiger partial charge in [0.05, 0.1) is 29.8 Å². The van der Waals surface area contributed by atoms with Gasteiger partial charge in [0.15, 0.2) is 11.5 Å². The summed E-state index contributed by atoms with van der Waals surface area (Å²) in [6.07, 6.45) is 16.7. The minimum absolute atomic E-state index is 0.0211. The van der Waals surface area contributed by atoms with Crippen molar-refractivity contribution in [2.24, 2.45) is 52.3 Å². The fourth-order valence-electron chi connectivity index (χ4n) is 17.8. The van der Waals surface area contributed by atoms with Crippen LogP contribution in [0.3, 0.4) is 0 Å². The minimum Gasteiger partial charge on any atom is -0.504 e. The number of Topliss-reactive ketones (excluding diaryl/α,β-unsaturated/α-hetero) is 4. The second-order valence-corrected chi connectivity index (χ2v) is 32.0. The van der Waals surface area contributed by atoms with Gasteiger partial charge in [-0.05, 0) is 151 Å². The lowest BCUT2D eigenvalue weighted by Gasteiger charge is -2.54. The number of ether oxygens (including phenoxy) is 9. The maximum atomic E-state index is 14.9. The lowest BCUT2D eigenvalue weighted by Crippen LogP contribution is -2.60. The highest BCUT2D eigenvalue weighted by Gasteiger charge is 2.65. The number of carbonyl (C=O) groups is 10. The molecule has 2 saturated carbocycles. The number of esters is 5. The van der Waals surface area contributed by atoms with E-state index in [1.165, 1.54) is 27.3 Å². The lowest BCUT2D eigenvalue weighted by atomic mass is 9.53. The normalized spacial score (nSPS) is 36.3. The Kier molecular flexibility index (Phi) is 30.6. The number of allylic oxidation sites excluding steroid dienone is 7. The summed E-state index contributed by atoms with van der Waals surface area (Å²) in [5.41, 5.74) is -0.598. The van der Waals surface area contributed by atoms with Crippen LogP contribution in [0.2, 0.25) is 0 Å². The molecular formula is C85H118N2O22. The molecule has 0 aromatic heterocycles. The molecule has 8 aliphatic rings. The molecule has 0 spiro atoms. The number of fused-ring (bicyclic) bond motifs is 7. The number of hydrogen-bond acceptors (Lipinski definition) is 23. The second kappa shape index (κ2) is 38.5. The summed E-state index contributed by atoms with van der Waals surface area (Å²) in [6, 6.07) is -1.31. The number of aliphatic hydroxyl groups is 3. The number of amides is 1. The molecule has 18 atom stereocenters. The van der Waals surface area contributed by atoms with E-state index in [0.717, 1.165) is 10.5 Å². The molecule has 4 fully saturated rings. The molecule has 0 aromatic carbocycles. The zero-order chi connectivity index (χ0) is 80.0. The molecule has 2 saturated heterocycles. The Morgan fingerprint density at radius 1 is 0.807 bits per heavy atom. The standard InChI is InChI=1S/C85H118N2O22/c1-16-38-86(39-17-2)47-60-72-77(95)76(94)71-61-36-37-67(83(61,11)46-66(104-56(10)88)73(71)84(72,12)68(48-101-13)108-81(60)98)107-70(91)29-22-21-28-69(90)105-58-34-31-57(32-35-58)43-52(6)65-45-63(89)51(5)42-54(8)75(93)78(103-15)74(92)53(7)41-49(3)25-19-18-20-26-50(4)64(102-14)44-59-33-30-55(9)85(100,109-59)79(96)80(97)87-40-24-23-27-62(87)82(99)106-65/h16-20,23-26,42,47,49,51-53,55,57-59,61-62,64-68,75,78,93,95,100H,1-2,21-22,27-41,43-46,48H2,3-15H3/b20-18+,25-19+,50-26+,54-42+,60-47-/t49-,51-,52-,53-,55-,57?,58?,59+,61?,62?,64+,65+,66-,67+,68-,75-,78+,83+,84+,85-/m1/s1. The largest absolute Gasteiger partial charge is 0.504 e. The molecule has 0 radical (unpaired) electrons. The molecule has 4 aliphatic carbocycles. The van der Waals surface area contributed by atoms with Crippen LogP contribution in [-0.4, -0.2) is 198 Å². The number of rotatable bonds is 20. The molecule has 600 valence electrons. The Morgan fingerprint density at radius 3 is 2.13 bits per heavy atom. The van der Waals surface area contributed by atoms with Crippen LogP contribution in [0, 0.1) is 52.3 Å². The lowest BCUT2D eigenvalue weighted by molar-refractivity contribution is -0.265. The average molecular weight is 1520 g/mol. The van der Waals surface area contributed by atoms with Crippen LogP contribution in [0.15, 0.2) is 119 Å². The maximum absolute atomic E-state index is 14.9. The van der Waals surface area contributed by atoms with Crippen LogP contribution in [-0.2, 0) is 90.6 Å². The fraction of sp³-hybridized carbons (Fsp3) is 0.647. The predicted octanol–water partition coefficient (Wildman–Crippen LogP) is 10.9. The van der Waals surface area contributed by atoms with Crippen molar-refractivity contribution in [3.05, 3.63) is 119 Å². The number of cyclic esters (lactones) is 2. The topological polar surface area (TPSA) is 321 Å². The van der Waals surface area contributed by atoms with Gasteiger partial charge >= 0.3 is 29.8 Å². The Balaban J connectivity index is 0.905. The van der Waals surface area contributed by atoms with Gasteiger partial charge in [-0.25, -0.2) is 9.59 Å².